The second kappa shape index (κ2) is 11.9. The van der Waals surface area contributed by atoms with Gasteiger partial charge in [0, 0.05) is 10.9 Å². The summed E-state index contributed by atoms with van der Waals surface area (Å²) in [5.74, 6) is 0.962. The van der Waals surface area contributed by atoms with Crippen LogP contribution in [0.1, 0.15) is 27.0 Å². The van der Waals surface area contributed by atoms with E-state index < -0.39 is 12.0 Å². The first-order valence-electron chi connectivity index (χ1n) is 10.1. The Kier molecular flexibility index (Phi) is 8.71. The zero-order valence-electron chi connectivity index (χ0n) is 18.3. The molecule has 7 nitrogen and oxygen atoms in total. The highest BCUT2D eigenvalue weighted by Gasteiger charge is 2.15. The van der Waals surface area contributed by atoms with Crippen LogP contribution in [0.3, 0.4) is 0 Å². The lowest BCUT2D eigenvalue weighted by atomic mass is 10.1. The minimum absolute atomic E-state index is 0.0236. The van der Waals surface area contributed by atoms with Gasteiger partial charge in [-0.15, -0.1) is 0 Å². The molecule has 1 N–H and O–H groups in total. The van der Waals surface area contributed by atoms with Crippen LogP contribution in [-0.2, 0) is 23.3 Å². The zero-order chi connectivity index (χ0) is 23.6. The maximum Gasteiger partial charge on any atom is 0.414 e. The normalized spacial score (nSPS) is 10.3. The number of carbonyl (C=O) groups is 2. The third-order valence-corrected chi connectivity index (χ3v) is 5.39. The predicted octanol–water partition coefficient (Wildman–Crippen LogP) is 5.24. The highest BCUT2D eigenvalue weighted by Crippen LogP contribution is 2.29. The number of rotatable bonds is 9. The SMILES string of the molecule is COc1ccc(COC(=O)NC(=O)c2ccc(OCc3ccc(CBr)cc3)c(OC)c2)cc1. The van der Waals surface area contributed by atoms with Gasteiger partial charge in [-0.3, -0.25) is 10.1 Å². The number of imide groups is 1. The number of nitrogens with one attached hydrogen (secondary N) is 1. The van der Waals surface area contributed by atoms with Crippen molar-refractivity contribution in [2.75, 3.05) is 14.2 Å². The average molecular weight is 514 g/mol. The van der Waals surface area contributed by atoms with Crippen molar-refractivity contribution in [1.29, 1.82) is 0 Å². The summed E-state index contributed by atoms with van der Waals surface area (Å²) in [6.45, 7) is 0.373. The molecule has 0 aliphatic rings. The molecular weight excluding hydrogens is 490 g/mol. The maximum absolute atomic E-state index is 12.4. The van der Waals surface area contributed by atoms with Crippen LogP contribution in [-0.4, -0.2) is 26.2 Å². The number of halogens is 1. The number of hydrogen-bond acceptors (Lipinski definition) is 6. The fraction of sp³-hybridized carbons (Fsp3) is 0.200. The Morgan fingerprint density at radius 3 is 2.06 bits per heavy atom. The molecule has 0 spiro atoms. The molecule has 3 aromatic carbocycles. The molecule has 0 aliphatic heterocycles. The summed E-state index contributed by atoms with van der Waals surface area (Å²) >= 11 is 3.42. The quantitative estimate of drug-likeness (QED) is 0.393. The van der Waals surface area contributed by atoms with Gasteiger partial charge in [0.05, 0.1) is 14.2 Å². The van der Waals surface area contributed by atoms with Crippen LogP contribution >= 0.6 is 15.9 Å². The first kappa shape index (κ1) is 24.1. The van der Waals surface area contributed by atoms with E-state index in [0.717, 1.165) is 16.5 Å². The molecule has 0 unspecified atom stereocenters. The lowest BCUT2D eigenvalue weighted by Gasteiger charge is -2.12. The van der Waals surface area contributed by atoms with Gasteiger partial charge in [-0.25, -0.2) is 4.79 Å². The second-order valence-corrected chi connectivity index (χ2v) is 7.54. The maximum atomic E-state index is 12.4. The molecule has 172 valence electrons. The van der Waals surface area contributed by atoms with E-state index in [0.29, 0.717) is 23.9 Å². The van der Waals surface area contributed by atoms with Crippen LogP contribution in [0.2, 0.25) is 0 Å². The number of alkyl carbamates (subject to hydrolysis) is 1. The highest BCUT2D eigenvalue weighted by molar-refractivity contribution is 9.08. The lowest BCUT2D eigenvalue weighted by Crippen LogP contribution is -2.30. The standard InChI is InChI=1S/C25H24BrNO6/c1-30-21-10-7-19(8-11-21)16-33-25(29)27-24(28)20-9-12-22(23(13-20)31-2)32-15-18-5-3-17(14-26)4-6-18/h3-13H,14-16H2,1-2H3,(H,27,28,29). The summed E-state index contributed by atoms with van der Waals surface area (Å²) in [7, 11) is 3.06. The van der Waals surface area contributed by atoms with Gasteiger partial charge in [0.1, 0.15) is 19.0 Å². The Bertz CT molecular complexity index is 1080. The minimum atomic E-state index is -0.845. The van der Waals surface area contributed by atoms with Crippen molar-refractivity contribution < 1.29 is 28.5 Å². The Balaban J connectivity index is 1.55. The van der Waals surface area contributed by atoms with Gasteiger partial charge < -0.3 is 18.9 Å². The largest absolute Gasteiger partial charge is 0.497 e. The summed E-state index contributed by atoms with van der Waals surface area (Å²) in [5, 5.41) is 3.00. The zero-order valence-corrected chi connectivity index (χ0v) is 19.9. The first-order chi connectivity index (χ1) is 16.0. The average Bonchev–Trinajstić information content (AvgIpc) is 2.86. The van der Waals surface area contributed by atoms with E-state index in [1.165, 1.54) is 18.7 Å². The van der Waals surface area contributed by atoms with E-state index in [4.69, 9.17) is 18.9 Å². The molecule has 0 bridgehead atoms. The van der Waals surface area contributed by atoms with Gasteiger partial charge in [0.25, 0.3) is 5.91 Å². The molecule has 2 amide bonds. The number of benzene rings is 3. The molecular formula is C25H24BrNO6. The summed E-state index contributed by atoms with van der Waals surface area (Å²) in [6, 6.07) is 19.8. The van der Waals surface area contributed by atoms with Crippen molar-refractivity contribution in [2.45, 2.75) is 18.5 Å². The lowest BCUT2D eigenvalue weighted by molar-refractivity contribution is 0.0912. The molecule has 8 heteroatoms. The molecule has 0 fully saturated rings. The number of ether oxygens (including phenoxy) is 4. The van der Waals surface area contributed by atoms with Gasteiger partial charge in [-0.2, -0.15) is 0 Å². The molecule has 0 saturated heterocycles. The fourth-order valence-electron chi connectivity index (χ4n) is 2.89. The Hall–Kier alpha value is -3.52. The van der Waals surface area contributed by atoms with Crippen LogP contribution in [0, 0.1) is 0 Å². The van der Waals surface area contributed by atoms with E-state index in [1.807, 2.05) is 24.3 Å². The molecule has 0 aliphatic carbocycles. The van der Waals surface area contributed by atoms with Gasteiger partial charge in [-0.05, 0) is 47.0 Å². The van der Waals surface area contributed by atoms with Crippen molar-refractivity contribution in [1.82, 2.24) is 5.32 Å². The predicted molar refractivity (Wildman–Crippen MR) is 127 cm³/mol. The van der Waals surface area contributed by atoms with Crippen LogP contribution in [0.4, 0.5) is 4.79 Å². The van der Waals surface area contributed by atoms with E-state index >= 15 is 0 Å². The van der Waals surface area contributed by atoms with Crippen LogP contribution in [0.15, 0.2) is 66.7 Å². The van der Waals surface area contributed by atoms with E-state index in [-0.39, 0.29) is 12.2 Å². The molecule has 33 heavy (non-hydrogen) atoms. The minimum Gasteiger partial charge on any atom is -0.497 e. The Labute approximate surface area is 200 Å². The molecule has 0 saturated carbocycles. The molecule has 0 heterocycles. The Morgan fingerprint density at radius 1 is 0.788 bits per heavy atom. The number of amides is 2. The smallest absolute Gasteiger partial charge is 0.414 e. The summed E-state index contributed by atoms with van der Waals surface area (Å²) < 4.78 is 21.4. The van der Waals surface area contributed by atoms with Crippen LogP contribution in [0.5, 0.6) is 17.2 Å². The summed E-state index contributed by atoms with van der Waals surface area (Å²) in [5.41, 5.74) is 3.18. The van der Waals surface area contributed by atoms with Crippen molar-refractivity contribution in [3.63, 3.8) is 0 Å². The van der Waals surface area contributed by atoms with Crippen LogP contribution < -0.4 is 19.5 Å². The van der Waals surface area contributed by atoms with E-state index in [1.54, 1.807) is 43.5 Å². The molecule has 0 radical (unpaired) electrons. The third kappa shape index (κ3) is 6.98. The molecule has 0 atom stereocenters. The Morgan fingerprint density at radius 2 is 1.42 bits per heavy atom. The van der Waals surface area contributed by atoms with Gasteiger partial charge >= 0.3 is 6.09 Å². The number of methoxy groups -OCH3 is 2. The van der Waals surface area contributed by atoms with E-state index in [2.05, 4.69) is 21.2 Å². The van der Waals surface area contributed by atoms with Gasteiger partial charge in [0.2, 0.25) is 0 Å². The summed E-state index contributed by atoms with van der Waals surface area (Å²) in [4.78, 5) is 24.5. The van der Waals surface area contributed by atoms with Crippen molar-refractivity contribution >= 4 is 27.9 Å². The van der Waals surface area contributed by atoms with Crippen molar-refractivity contribution in [3.8, 4) is 17.2 Å². The molecule has 0 aromatic heterocycles. The summed E-state index contributed by atoms with van der Waals surface area (Å²) in [6.07, 6.45) is -0.845. The highest BCUT2D eigenvalue weighted by atomic mass is 79.9. The molecule has 3 aromatic rings. The number of alkyl halides is 1. The third-order valence-electron chi connectivity index (χ3n) is 4.74. The van der Waals surface area contributed by atoms with Crippen LogP contribution in [0.25, 0.3) is 0 Å². The monoisotopic (exact) mass is 513 g/mol. The fourth-order valence-corrected chi connectivity index (χ4v) is 3.26. The van der Waals surface area contributed by atoms with Crippen molar-refractivity contribution in [3.05, 3.63) is 89.0 Å². The van der Waals surface area contributed by atoms with Gasteiger partial charge in [0.15, 0.2) is 11.5 Å². The van der Waals surface area contributed by atoms with E-state index in [9.17, 15) is 9.59 Å². The molecule has 3 rings (SSSR count). The van der Waals surface area contributed by atoms with Gasteiger partial charge in [-0.1, -0.05) is 52.3 Å². The van der Waals surface area contributed by atoms with Crippen molar-refractivity contribution in [2.24, 2.45) is 0 Å². The number of carbonyl (C=O) groups excluding carboxylic acids is 2. The number of hydrogen-bond donors (Lipinski definition) is 1. The second-order valence-electron chi connectivity index (χ2n) is 6.98. The first-order valence-corrected chi connectivity index (χ1v) is 11.2. The topological polar surface area (TPSA) is 83.1 Å².